The summed E-state index contributed by atoms with van der Waals surface area (Å²) >= 11 is 3.26. The van der Waals surface area contributed by atoms with Crippen LogP contribution in [0, 0.1) is 0 Å². The molecule has 0 radical (unpaired) electrons. The molecular weight excluding hydrogens is 280 g/mol. The monoisotopic (exact) mass is 292 g/mol. The number of benzene rings is 1. The van der Waals surface area contributed by atoms with E-state index < -0.39 is 10.2 Å². The van der Waals surface area contributed by atoms with E-state index in [0.717, 1.165) is 6.42 Å². The summed E-state index contributed by atoms with van der Waals surface area (Å²) in [5.74, 6) is 0. The Bertz CT molecular complexity index is 420. The van der Waals surface area contributed by atoms with Crippen LogP contribution < -0.4 is 9.44 Å². The van der Waals surface area contributed by atoms with Gasteiger partial charge in [-0.05, 0) is 34.5 Å². The van der Waals surface area contributed by atoms with Crippen molar-refractivity contribution in [3.05, 3.63) is 28.7 Å². The van der Waals surface area contributed by atoms with Gasteiger partial charge in [0.1, 0.15) is 0 Å². The molecule has 0 amide bonds. The van der Waals surface area contributed by atoms with Crippen LogP contribution in [-0.2, 0) is 10.2 Å². The Kier molecular flexibility index (Phi) is 4.56. The molecule has 0 aliphatic rings. The molecule has 0 aromatic heterocycles. The smallest absolute Gasteiger partial charge is 0.270 e. The van der Waals surface area contributed by atoms with Crippen LogP contribution in [0.1, 0.15) is 13.3 Å². The minimum Gasteiger partial charge on any atom is -0.270 e. The zero-order valence-corrected chi connectivity index (χ0v) is 10.7. The van der Waals surface area contributed by atoms with Gasteiger partial charge >= 0.3 is 0 Å². The zero-order chi connectivity index (χ0) is 11.3. The van der Waals surface area contributed by atoms with E-state index in [1.54, 1.807) is 18.2 Å². The van der Waals surface area contributed by atoms with E-state index in [1.807, 2.05) is 13.0 Å². The van der Waals surface area contributed by atoms with E-state index in [9.17, 15) is 8.42 Å². The molecule has 0 saturated heterocycles. The Morgan fingerprint density at radius 3 is 2.60 bits per heavy atom. The van der Waals surface area contributed by atoms with E-state index >= 15 is 0 Å². The first-order valence-electron chi connectivity index (χ1n) is 4.57. The molecule has 0 aliphatic heterocycles. The highest BCUT2D eigenvalue weighted by atomic mass is 79.9. The second-order valence-corrected chi connectivity index (χ2v) is 5.33. The van der Waals surface area contributed by atoms with Gasteiger partial charge in [-0.15, -0.1) is 0 Å². The van der Waals surface area contributed by atoms with Crippen LogP contribution in [0.15, 0.2) is 28.7 Å². The highest BCUT2D eigenvalue weighted by Gasteiger charge is 2.09. The van der Waals surface area contributed by atoms with Gasteiger partial charge in [0.15, 0.2) is 0 Å². The van der Waals surface area contributed by atoms with Crippen LogP contribution in [0.25, 0.3) is 0 Å². The standard InChI is InChI=1S/C9H13BrN2O2S/c1-2-7-11-15(13,14)12-9-6-4-3-5-8(9)10/h3-6,11-12H,2,7H2,1H3. The Balaban J connectivity index is 2.74. The predicted octanol–water partition coefficient (Wildman–Crippen LogP) is 2.11. The lowest BCUT2D eigenvalue weighted by Crippen LogP contribution is -2.30. The zero-order valence-electron chi connectivity index (χ0n) is 8.33. The summed E-state index contributed by atoms with van der Waals surface area (Å²) in [5.41, 5.74) is 0.529. The van der Waals surface area contributed by atoms with Gasteiger partial charge in [-0.3, -0.25) is 4.72 Å². The Hall–Kier alpha value is -0.590. The number of rotatable bonds is 5. The van der Waals surface area contributed by atoms with Gasteiger partial charge in [0.2, 0.25) is 0 Å². The molecule has 0 bridgehead atoms. The van der Waals surface area contributed by atoms with Crippen molar-refractivity contribution in [3.63, 3.8) is 0 Å². The van der Waals surface area contributed by atoms with Gasteiger partial charge in [0, 0.05) is 11.0 Å². The average Bonchev–Trinajstić information content (AvgIpc) is 2.18. The van der Waals surface area contributed by atoms with E-state index in [-0.39, 0.29) is 0 Å². The minimum atomic E-state index is -3.45. The van der Waals surface area contributed by atoms with Crippen molar-refractivity contribution in [2.75, 3.05) is 11.3 Å². The van der Waals surface area contributed by atoms with Crippen LogP contribution >= 0.6 is 15.9 Å². The summed E-state index contributed by atoms with van der Waals surface area (Å²) in [7, 11) is -3.45. The van der Waals surface area contributed by atoms with Gasteiger partial charge in [-0.2, -0.15) is 13.1 Å². The molecule has 1 rings (SSSR count). The van der Waals surface area contributed by atoms with Crippen LogP contribution in [0.5, 0.6) is 0 Å². The highest BCUT2D eigenvalue weighted by molar-refractivity contribution is 9.10. The van der Waals surface area contributed by atoms with Gasteiger partial charge in [0.05, 0.1) is 5.69 Å². The number of hydrogen-bond acceptors (Lipinski definition) is 2. The highest BCUT2D eigenvalue weighted by Crippen LogP contribution is 2.21. The van der Waals surface area contributed by atoms with Crippen molar-refractivity contribution < 1.29 is 8.42 Å². The molecule has 0 aliphatic carbocycles. The fourth-order valence-electron chi connectivity index (χ4n) is 0.961. The molecule has 6 heteroatoms. The SMILES string of the molecule is CCCNS(=O)(=O)Nc1ccccc1Br. The fraction of sp³-hybridized carbons (Fsp3) is 0.333. The van der Waals surface area contributed by atoms with Crippen molar-refractivity contribution in [2.24, 2.45) is 0 Å². The molecule has 0 fully saturated rings. The van der Waals surface area contributed by atoms with E-state index in [4.69, 9.17) is 0 Å². The van der Waals surface area contributed by atoms with Crippen LogP contribution in [0.4, 0.5) is 5.69 Å². The molecule has 1 aromatic rings. The third-order valence-corrected chi connectivity index (χ3v) is 3.42. The topological polar surface area (TPSA) is 58.2 Å². The molecule has 4 nitrogen and oxygen atoms in total. The molecule has 1 aromatic carbocycles. The molecule has 0 saturated carbocycles. The Morgan fingerprint density at radius 2 is 2.00 bits per heavy atom. The minimum absolute atomic E-state index is 0.430. The lowest BCUT2D eigenvalue weighted by atomic mass is 10.3. The maximum Gasteiger partial charge on any atom is 0.299 e. The Morgan fingerprint density at radius 1 is 1.33 bits per heavy atom. The third-order valence-electron chi connectivity index (χ3n) is 1.66. The van der Waals surface area contributed by atoms with Gasteiger partial charge < -0.3 is 0 Å². The number of hydrogen-bond donors (Lipinski definition) is 2. The Labute approximate surface area is 98.4 Å². The van der Waals surface area contributed by atoms with Gasteiger partial charge in [-0.25, -0.2) is 0 Å². The summed E-state index contributed by atoms with van der Waals surface area (Å²) in [6.45, 7) is 2.33. The second-order valence-electron chi connectivity index (χ2n) is 2.98. The molecule has 0 atom stereocenters. The lowest BCUT2D eigenvalue weighted by Gasteiger charge is -2.09. The number of anilines is 1. The van der Waals surface area contributed by atoms with Crippen molar-refractivity contribution in [1.29, 1.82) is 0 Å². The molecular formula is C9H13BrN2O2S. The molecule has 2 N–H and O–H groups in total. The van der Waals surface area contributed by atoms with Gasteiger partial charge in [0.25, 0.3) is 10.2 Å². The summed E-state index contributed by atoms with van der Waals surface area (Å²) in [4.78, 5) is 0. The summed E-state index contributed by atoms with van der Waals surface area (Å²) in [6, 6.07) is 7.05. The van der Waals surface area contributed by atoms with Crippen LogP contribution in [0.3, 0.4) is 0 Å². The quantitative estimate of drug-likeness (QED) is 0.873. The first-order chi connectivity index (χ1) is 7.05. The molecule has 0 unspecified atom stereocenters. The maximum atomic E-state index is 11.5. The number of para-hydroxylation sites is 1. The molecule has 0 spiro atoms. The summed E-state index contributed by atoms with van der Waals surface area (Å²) in [6.07, 6.45) is 0.761. The number of nitrogens with one attached hydrogen (secondary N) is 2. The van der Waals surface area contributed by atoms with E-state index in [1.165, 1.54) is 0 Å². The van der Waals surface area contributed by atoms with E-state index in [2.05, 4.69) is 25.4 Å². The molecule has 0 heterocycles. The number of halogens is 1. The van der Waals surface area contributed by atoms with Crippen molar-refractivity contribution in [3.8, 4) is 0 Å². The predicted molar refractivity (Wildman–Crippen MR) is 65.0 cm³/mol. The van der Waals surface area contributed by atoms with Crippen LogP contribution in [0.2, 0.25) is 0 Å². The average molecular weight is 293 g/mol. The van der Waals surface area contributed by atoms with Crippen LogP contribution in [-0.4, -0.2) is 15.0 Å². The first kappa shape index (κ1) is 12.5. The van der Waals surface area contributed by atoms with Crippen molar-refractivity contribution >= 4 is 31.8 Å². The normalized spacial score (nSPS) is 11.3. The maximum absolute atomic E-state index is 11.5. The second kappa shape index (κ2) is 5.48. The van der Waals surface area contributed by atoms with Gasteiger partial charge in [-0.1, -0.05) is 19.1 Å². The fourth-order valence-corrected chi connectivity index (χ4v) is 2.49. The largest absolute Gasteiger partial charge is 0.299 e. The first-order valence-corrected chi connectivity index (χ1v) is 6.84. The summed E-state index contributed by atoms with van der Waals surface area (Å²) in [5, 5.41) is 0. The van der Waals surface area contributed by atoms with Crippen molar-refractivity contribution in [1.82, 2.24) is 4.72 Å². The molecule has 84 valence electrons. The van der Waals surface area contributed by atoms with Crippen molar-refractivity contribution in [2.45, 2.75) is 13.3 Å². The third kappa shape index (κ3) is 4.19. The lowest BCUT2D eigenvalue weighted by molar-refractivity contribution is 0.586. The van der Waals surface area contributed by atoms with E-state index in [0.29, 0.717) is 16.7 Å². The molecule has 15 heavy (non-hydrogen) atoms. The summed E-state index contributed by atoms with van der Waals surface area (Å²) < 4.78 is 28.5.